The van der Waals surface area contributed by atoms with Crippen molar-refractivity contribution in [2.45, 2.75) is 12.5 Å². The average molecular weight is 304 g/mol. The van der Waals surface area contributed by atoms with E-state index in [-0.39, 0.29) is 13.2 Å². The van der Waals surface area contributed by atoms with Crippen molar-refractivity contribution >= 4 is 11.6 Å². The third kappa shape index (κ3) is 3.45. The molecule has 0 radical (unpaired) electrons. The number of nitrogens with one attached hydrogen (secondary N) is 1. The van der Waals surface area contributed by atoms with Crippen molar-refractivity contribution in [3.63, 3.8) is 0 Å². The van der Waals surface area contributed by atoms with Crippen LogP contribution < -0.4 is 15.0 Å². The molecule has 8 heteroatoms. The van der Waals surface area contributed by atoms with Crippen LogP contribution in [-0.2, 0) is 7.05 Å². The molecule has 0 aromatic carbocycles. The highest BCUT2D eigenvalue weighted by atomic mass is 16.5. The van der Waals surface area contributed by atoms with E-state index < -0.39 is 0 Å². The van der Waals surface area contributed by atoms with Gasteiger partial charge in [0.15, 0.2) is 5.82 Å². The van der Waals surface area contributed by atoms with Crippen LogP contribution in [0.1, 0.15) is 6.42 Å². The lowest BCUT2D eigenvalue weighted by molar-refractivity contribution is 0.196. The number of aliphatic hydroxyl groups is 1. The van der Waals surface area contributed by atoms with E-state index >= 15 is 0 Å². The third-order valence-corrected chi connectivity index (χ3v) is 3.52. The van der Waals surface area contributed by atoms with Crippen LogP contribution in [0, 0.1) is 0 Å². The number of aromatic nitrogens is 4. The van der Waals surface area contributed by atoms with E-state index in [4.69, 9.17) is 9.84 Å². The molecule has 0 saturated carbocycles. The van der Waals surface area contributed by atoms with Crippen LogP contribution in [0.3, 0.4) is 0 Å². The molecule has 3 heterocycles. The van der Waals surface area contributed by atoms with Gasteiger partial charge in [-0.05, 0) is 6.42 Å². The Kier molecular flexibility index (Phi) is 4.38. The van der Waals surface area contributed by atoms with Gasteiger partial charge in [-0.25, -0.2) is 0 Å². The Hall–Kier alpha value is -2.35. The second-order valence-electron chi connectivity index (χ2n) is 5.24. The zero-order chi connectivity index (χ0) is 15.4. The van der Waals surface area contributed by atoms with Gasteiger partial charge in [0, 0.05) is 38.4 Å². The van der Waals surface area contributed by atoms with Crippen LogP contribution in [0.2, 0.25) is 0 Å². The lowest BCUT2D eigenvalue weighted by Gasteiger charge is -2.16. The quantitative estimate of drug-likeness (QED) is 0.792. The van der Waals surface area contributed by atoms with Crippen LogP contribution in [0.25, 0.3) is 0 Å². The number of aryl methyl sites for hydroxylation is 1. The van der Waals surface area contributed by atoms with Crippen molar-refractivity contribution in [3.05, 3.63) is 24.7 Å². The molecule has 0 bridgehead atoms. The van der Waals surface area contributed by atoms with Crippen LogP contribution in [0.5, 0.6) is 5.88 Å². The molecule has 1 aliphatic rings. The molecule has 118 valence electrons. The number of hydrogen-bond acceptors (Lipinski definition) is 7. The minimum atomic E-state index is -0.0407. The molecule has 3 rings (SSSR count). The summed E-state index contributed by atoms with van der Waals surface area (Å²) >= 11 is 0. The molecule has 1 atom stereocenters. The smallest absolute Gasteiger partial charge is 0.234 e. The van der Waals surface area contributed by atoms with Crippen LogP contribution in [-0.4, -0.2) is 57.2 Å². The van der Waals surface area contributed by atoms with Crippen LogP contribution >= 0.6 is 0 Å². The maximum Gasteiger partial charge on any atom is 0.234 e. The molecule has 0 aliphatic carbocycles. The molecule has 2 aromatic rings. The molecule has 1 saturated heterocycles. The summed E-state index contributed by atoms with van der Waals surface area (Å²) < 4.78 is 7.08. The van der Waals surface area contributed by atoms with E-state index in [1.54, 1.807) is 6.20 Å². The summed E-state index contributed by atoms with van der Waals surface area (Å²) in [6.45, 7) is 2.01. The zero-order valence-electron chi connectivity index (χ0n) is 12.5. The second kappa shape index (κ2) is 6.61. The highest BCUT2D eigenvalue weighted by Gasteiger charge is 2.24. The molecule has 0 amide bonds. The topological polar surface area (TPSA) is 88.3 Å². The number of aliphatic hydroxyl groups excluding tert-OH is 1. The monoisotopic (exact) mass is 304 g/mol. The Morgan fingerprint density at radius 2 is 2.36 bits per heavy atom. The predicted molar refractivity (Wildman–Crippen MR) is 82.1 cm³/mol. The molecule has 22 heavy (non-hydrogen) atoms. The maximum atomic E-state index is 8.76. The molecule has 2 N–H and O–H groups in total. The van der Waals surface area contributed by atoms with Gasteiger partial charge in [0.25, 0.3) is 0 Å². The SMILES string of the molecule is Cn1ccc(N2CCC(Nc3cncc(OCCO)n3)C2)n1. The molecular weight excluding hydrogens is 284 g/mol. The van der Waals surface area contributed by atoms with E-state index in [1.807, 2.05) is 24.0 Å². The fourth-order valence-electron chi connectivity index (χ4n) is 2.50. The lowest BCUT2D eigenvalue weighted by atomic mass is 10.3. The predicted octanol–water partition coefficient (Wildman–Crippen LogP) is 0.272. The van der Waals surface area contributed by atoms with Gasteiger partial charge < -0.3 is 20.1 Å². The highest BCUT2D eigenvalue weighted by Crippen LogP contribution is 2.20. The van der Waals surface area contributed by atoms with E-state index in [1.165, 1.54) is 6.20 Å². The van der Waals surface area contributed by atoms with E-state index in [0.717, 1.165) is 25.3 Å². The van der Waals surface area contributed by atoms with Gasteiger partial charge in [-0.1, -0.05) is 0 Å². The molecule has 0 spiro atoms. The van der Waals surface area contributed by atoms with Gasteiger partial charge in [0.2, 0.25) is 5.88 Å². The molecule has 1 fully saturated rings. The summed E-state index contributed by atoms with van der Waals surface area (Å²) in [6, 6.07) is 2.32. The molecular formula is C14H20N6O2. The van der Waals surface area contributed by atoms with Crippen molar-refractivity contribution in [1.29, 1.82) is 0 Å². The second-order valence-corrected chi connectivity index (χ2v) is 5.24. The maximum absolute atomic E-state index is 8.76. The first-order valence-electron chi connectivity index (χ1n) is 7.31. The lowest BCUT2D eigenvalue weighted by Crippen LogP contribution is -2.26. The number of ether oxygens (including phenoxy) is 1. The van der Waals surface area contributed by atoms with Crippen molar-refractivity contribution < 1.29 is 9.84 Å². The molecule has 1 aliphatic heterocycles. The van der Waals surface area contributed by atoms with Crippen molar-refractivity contribution in [3.8, 4) is 5.88 Å². The summed E-state index contributed by atoms with van der Waals surface area (Å²) in [7, 11) is 1.92. The summed E-state index contributed by atoms with van der Waals surface area (Å²) in [5.74, 6) is 2.10. The summed E-state index contributed by atoms with van der Waals surface area (Å²) in [5, 5.41) is 16.6. The number of anilines is 2. The summed E-state index contributed by atoms with van der Waals surface area (Å²) in [4.78, 5) is 10.7. The number of hydrogen-bond donors (Lipinski definition) is 2. The van der Waals surface area contributed by atoms with Gasteiger partial charge in [-0.3, -0.25) is 9.67 Å². The number of nitrogens with zero attached hydrogens (tertiary/aromatic N) is 5. The number of rotatable bonds is 6. The van der Waals surface area contributed by atoms with Gasteiger partial charge in [0.1, 0.15) is 12.4 Å². The van der Waals surface area contributed by atoms with Crippen molar-refractivity contribution in [2.24, 2.45) is 7.05 Å². The van der Waals surface area contributed by atoms with Gasteiger partial charge in [0.05, 0.1) is 19.0 Å². The van der Waals surface area contributed by atoms with Gasteiger partial charge in [-0.15, -0.1) is 0 Å². The van der Waals surface area contributed by atoms with E-state index in [0.29, 0.717) is 17.7 Å². The molecule has 1 unspecified atom stereocenters. The summed E-state index contributed by atoms with van der Waals surface area (Å²) in [5.41, 5.74) is 0. The van der Waals surface area contributed by atoms with E-state index in [9.17, 15) is 0 Å². The van der Waals surface area contributed by atoms with Gasteiger partial charge >= 0.3 is 0 Å². The largest absolute Gasteiger partial charge is 0.474 e. The minimum Gasteiger partial charge on any atom is -0.474 e. The Morgan fingerprint density at radius 1 is 1.45 bits per heavy atom. The standard InChI is InChI=1S/C14H20N6O2/c1-19-4-3-13(18-19)20-5-2-11(10-20)16-12-8-15-9-14(17-12)22-7-6-21/h3-4,8-9,11,21H,2,5-7,10H2,1H3,(H,16,17). The van der Waals surface area contributed by atoms with Crippen LogP contribution in [0.15, 0.2) is 24.7 Å². The van der Waals surface area contributed by atoms with Crippen molar-refractivity contribution in [2.75, 3.05) is 36.5 Å². The van der Waals surface area contributed by atoms with Gasteiger partial charge in [-0.2, -0.15) is 10.1 Å². The van der Waals surface area contributed by atoms with E-state index in [2.05, 4.69) is 25.3 Å². The highest BCUT2D eigenvalue weighted by molar-refractivity contribution is 5.42. The van der Waals surface area contributed by atoms with Crippen LogP contribution in [0.4, 0.5) is 11.6 Å². The van der Waals surface area contributed by atoms with Crippen molar-refractivity contribution in [1.82, 2.24) is 19.7 Å². The minimum absolute atomic E-state index is 0.0407. The Bertz CT molecular complexity index is 617. The first kappa shape index (κ1) is 14.6. The normalized spacial score (nSPS) is 17.7. The average Bonchev–Trinajstić information content (AvgIpc) is 3.14. The Balaban J connectivity index is 1.58. The third-order valence-electron chi connectivity index (χ3n) is 3.52. The fraction of sp³-hybridized carbons (Fsp3) is 0.500. The first-order valence-corrected chi connectivity index (χ1v) is 7.31. The zero-order valence-corrected chi connectivity index (χ0v) is 12.5. The summed E-state index contributed by atoms with van der Waals surface area (Å²) in [6.07, 6.45) is 6.18. The Morgan fingerprint density at radius 3 is 3.14 bits per heavy atom. The Labute approximate surface area is 128 Å². The first-order chi connectivity index (χ1) is 10.7. The molecule has 2 aromatic heterocycles. The fourth-order valence-corrected chi connectivity index (χ4v) is 2.50. The molecule has 8 nitrogen and oxygen atoms in total.